The van der Waals surface area contributed by atoms with Gasteiger partial charge >= 0.3 is 0 Å². The molecule has 0 saturated heterocycles. The second-order valence-electron chi connectivity index (χ2n) is 5.61. The molecule has 1 aromatic carbocycles. The third kappa shape index (κ3) is 4.58. The summed E-state index contributed by atoms with van der Waals surface area (Å²) in [5.74, 6) is 0.581. The molecular formula is C17H27NO2. The highest BCUT2D eigenvalue weighted by molar-refractivity contribution is 5.20. The molecule has 3 atom stereocenters. The minimum atomic E-state index is 0.166. The zero-order valence-electron chi connectivity index (χ0n) is 12.5. The van der Waals surface area contributed by atoms with E-state index in [-0.39, 0.29) is 12.1 Å². The number of nitrogens with two attached hydrogens (primary N) is 1. The molecule has 1 aliphatic rings. The maximum Gasteiger partial charge on any atom is 0.0732 e. The third-order valence-electron chi connectivity index (χ3n) is 4.02. The van der Waals surface area contributed by atoms with Gasteiger partial charge in [-0.3, -0.25) is 0 Å². The fourth-order valence-electron chi connectivity index (χ4n) is 2.88. The summed E-state index contributed by atoms with van der Waals surface area (Å²) in [7, 11) is 0. The SMILES string of the molecule is CCCOCCOC1CC(c2ccccc2)CCC1N. The Labute approximate surface area is 122 Å². The van der Waals surface area contributed by atoms with Crippen LogP contribution in [0.1, 0.15) is 44.1 Å². The quantitative estimate of drug-likeness (QED) is 0.779. The van der Waals surface area contributed by atoms with Gasteiger partial charge in [0.25, 0.3) is 0 Å². The summed E-state index contributed by atoms with van der Waals surface area (Å²) in [6.07, 6.45) is 4.45. The smallest absolute Gasteiger partial charge is 0.0732 e. The second kappa shape index (κ2) is 8.40. The minimum absolute atomic E-state index is 0.166. The summed E-state index contributed by atoms with van der Waals surface area (Å²) >= 11 is 0. The molecule has 0 spiro atoms. The monoisotopic (exact) mass is 277 g/mol. The standard InChI is InChI=1S/C17H27NO2/c1-2-10-19-11-12-20-17-13-15(8-9-16(17)18)14-6-4-3-5-7-14/h3-7,15-17H,2,8-13,18H2,1H3. The van der Waals surface area contributed by atoms with Gasteiger partial charge in [-0.05, 0) is 37.2 Å². The first-order chi connectivity index (χ1) is 9.81. The molecule has 1 aliphatic carbocycles. The van der Waals surface area contributed by atoms with Gasteiger partial charge in [-0.15, -0.1) is 0 Å². The lowest BCUT2D eigenvalue weighted by atomic mass is 9.80. The second-order valence-corrected chi connectivity index (χ2v) is 5.61. The Bertz CT molecular complexity index is 369. The van der Waals surface area contributed by atoms with Crippen molar-refractivity contribution in [2.45, 2.75) is 50.7 Å². The van der Waals surface area contributed by atoms with Crippen LogP contribution in [0.4, 0.5) is 0 Å². The van der Waals surface area contributed by atoms with Crippen LogP contribution in [0.5, 0.6) is 0 Å². The van der Waals surface area contributed by atoms with Crippen LogP contribution in [0, 0.1) is 0 Å². The zero-order chi connectivity index (χ0) is 14.2. The van der Waals surface area contributed by atoms with Gasteiger partial charge in [-0.1, -0.05) is 37.3 Å². The first-order valence-corrected chi connectivity index (χ1v) is 7.81. The Morgan fingerprint density at radius 1 is 1.10 bits per heavy atom. The lowest BCUT2D eigenvalue weighted by Crippen LogP contribution is -2.42. The lowest BCUT2D eigenvalue weighted by molar-refractivity contribution is -0.0225. The van der Waals surface area contributed by atoms with Crippen LogP contribution in [0.3, 0.4) is 0 Å². The normalized spacial score (nSPS) is 26.6. The Morgan fingerprint density at radius 3 is 2.65 bits per heavy atom. The van der Waals surface area contributed by atoms with Crippen LogP contribution in [-0.4, -0.2) is 32.0 Å². The summed E-state index contributed by atoms with van der Waals surface area (Å²) < 4.78 is 11.4. The topological polar surface area (TPSA) is 44.5 Å². The van der Waals surface area contributed by atoms with Gasteiger partial charge in [0.05, 0.1) is 19.3 Å². The van der Waals surface area contributed by atoms with Crippen molar-refractivity contribution in [3.63, 3.8) is 0 Å². The van der Waals surface area contributed by atoms with Crippen molar-refractivity contribution in [1.29, 1.82) is 0 Å². The molecular weight excluding hydrogens is 250 g/mol. The Hall–Kier alpha value is -0.900. The molecule has 3 nitrogen and oxygen atoms in total. The van der Waals surface area contributed by atoms with Crippen LogP contribution in [0.25, 0.3) is 0 Å². The molecule has 0 amide bonds. The molecule has 112 valence electrons. The molecule has 1 saturated carbocycles. The van der Waals surface area contributed by atoms with E-state index in [1.165, 1.54) is 5.56 Å². The van der Waals surface area contributed by atoms with E-state index in [0.717, 1.165) is 32.3 Å². The van der Waals surface area contributed by atoms with Crippen LogP contribution in [-0.2, 0) is 9.47 Å². The lowest BCUT2D eigenvalue weighted by Gasteiger charge is -2.34. The highest BCUT2D eigenvalue weighted by Crippen LogP contribution is 2.33. The molecule has 0 radical (unpaired) electrons. The van der Waals surface area contributed by atoms with Crippen LogP contribution >= 0.6 is 0 Å². The zero-order valence-corrected chi connectivity index (χ0v) is 12.5. The average Bonchev–Trinajstić information content (AvgIpc) is 2.49. The Morgan fingerprint density at radius 2 is 1.90 bits per heavy atom. The molecule has 20 heavy (non-hydrogen) atoms. The van der Waals surface area contributed by atoms with Crippen molar-refractivity contribution in [3.8, 4) is 0 Å². The number of hydrogen-bond donors (Lipinski definition) is 1. The molecule has 1 fully saturated rings. The number of benzene rings is 1. The van der Waals surface area contributed by atoms with Crippen molar-refractivity contribution in [2.75, 3.05) is 19.8 Å². The Balaban J connectivity index is 1.79. The van der Waals surface area contributed by atoms with Gasteiger partial charge in [-0.25, -0.2) is 0 Å². The maximum absolute atomic E-state index is 6.19. The summed E-state index contributed by atoms with van der Waals surface area (Å²) in [6.45, 7) is 4.25. The third-order valence-corrected chi connectivity index (χ3v) is 4.02. The van der Waals surface area contributed by atoms with Gasteiger partial charge in [0.2, 0.25) is 0 Å². The summed E-state index contributed by atoms with van der Waals surface area (Å²) in [5.41, 5.74) is 7.61. The van der Waals surface area contributed by atoms with Crippen molar-refractivity contribution in [2.24, 2.45) is 5.73 Å². The van der Waals surface area contributed by atoms with Gasteiger partial charge in [0, 0.05) is 12.6 Å². The summed E-state index contributed by atoms with van der Waals surface area (Å²) in [4.78, 5) is 0. The van der Waals surface area contributed by atoms with Crippen molar-refractivity contribution < 1.29 is 9.47 Å². The summed E-state index contributed by atoms with van der Waals surface area (Å²) in [5, 5.41) is 0. The number of rotatable bonds is 7. The van der Waals surface area contributed by atoms with E-state index in [2.05, 4.69) is 37.3 Å². The summed E-state index contributed by atoms with van der Waals surface area (Å²) in [6, 6.07) is 10.9. The van der Waals surface area contributed by atoms with E-state index >= 15 is 0 Å². The van der Waals surface area contributed by atoms with E-state index in [4.69, 9.17) is 15.2 Å². The first-order valence-electron chi connectivity index (χ1n) is 7.81. The van der Waals surface area contributed by atoms with Gasteiger partial charge < -0.3 is 15.2 Å². The fourth-order valence-corrected chi connectivity index (χ4v) is 2.88. The molecule has 0 heterocycles. The molecule has 3 unspecified atom stereocenters. The Kier molecular flexibility index (Phi) is 6.51. The van der Waals surface area contributed by atoms with E-state index < -0.39 is 0 Å². The average molecular weight is 277 g/mol. The predicted octanol–water partition coefficient (Wildman–Crippen LogP) is 3.09. The fraction of sp³-hybridized carbons (Fsp3) is 0.647. The molecule has 2 N–H and O–H groups in total. The van der Waals surface area contributed by atoms with Crippen molar-refractivity contribution in [1.82, 2.24) is 0 Å². The van der Waals surface area contributed by atoms with E-state index in [1.807, 2.05) is 0 Å². The molecule has 0 bridgehead atoms. The first kappa shape index (κ1) is 15.5. The van der Waals surface area contributed by atoms with Crippen molar-refractivity contribution >= 4 is 0 Å². The molecule has 2 rings (SSSR count). The van der Waals surface area contributed by atoms with E-state index in [1.54, 1.807) is 0 Å². The van der Waals surface area contributed by atoms with Crippen molar-refractivity contribution in [3.05, 3.63) is 35.9 Å². The molecule has 1 aromatic rings. The molecule has 3 heteroatoms. The number of ether oxygens (including phenoxy) is 2. The van der Waals surface area contributed by atoms with Crippen LogP contribution < -0.4 is 5.73 Å². The highest BCUT2D eigenvalue weighted by atomic mass is 16.5. The molecule has 0 aliphatic heterocycles. The number of hydrogen-bond acceptors (Lipinski definition) is 3. The maximum atomic E-state index is 6.19. The highest BCUT2D eigenvalue weighted by Gasteiger charge is 2.29. The van der Waals surface area contributed by atoms with Gasteiger partial charge in [0.1, 0.15) is 0 Å². The van der Waals surface area contributed by atoms with E-state index in [0.29, 0.717) is 19.1 Å². The predicted molar refractivity (Wildman–Crippen MR) is 81.9 cm³/mol. The van der Waals surface area contributed by atoms with Crippen LogP contribution in [0.2, 0.25) is 0 Å². The van der Waals surface area contributed by atoms with E-state index in [9.17, 15) is 0 Å². The minimum Gasteiger partial charge on any atom is -0.379 e. The van der Waals surface area contributed by atoms with Gasteiger partial charge in [-0.2, -0.15) is 0 Å². The van der Waals surface area contributed by atoms with Gasteiger partial charge in [0.15, 0.2) is 0 Å². The largest absolute Gasteiger partial charge is 0.379 e. The molecule has 0 aromatic heterocycles. The van der Waals surface area contributed by atoms with Crippen LogP contribution in [0.15, 0.2) is 30.3 Å².